The van der Waals surface area contributed by atoms with Crippen LogP contribution in [-0.2, 0) is 0 Å². The smallest absolute Gasteiger partial charge is 0.264 e. The minimum atomic E-state index is 0.123. The number of nitrogens with zero attached hydrogens (tertiary/aromatic N) is 2. The van der Waals surface area contributed by atoms with E-state index in [2.05, 4.69) is 27.8 Å². The Bertz CT molecular complexity index is 378. The summed E-state index contributed by atoms with van der Waals surface area (Å²) in [4.78, 5) is 17.1. The molecular weight excluding hydrogens is 300 g/mol. The van der Waals surface area contributed by atoms with Gasteiger partial charge in [0, 0.05) is 19.1 Å². The number of carbonyl (C=O) groups is 1. The molecule has 1 aromatic rings. The van der Waals surface area contributed by atoms with Gasteiger partial charge in [0.25, 0.3) is 5.91 Å². The first kappa shape index (κ1) is 14.7. The first-order valence-corrected chi connectivity index (χ1v) is 7.27. The molecule has 0 radical (unpaired) electrons. The van der Waals surface area contributed by atoms with Crippen LogP contribution in [0, 0.1) is 0 Å². The van der Waals surface area contributed by atoms with Crippen molar-refractivity contribution < 1.29 is 4.79 Å². The SMILES string of the molecule is CCN(C(=O)c1ccc(Br)s1)C(C)CN(C)C. The van der Waals surface area contributed by atoms with Crippen molar-refractivity contribution in [2.75, 3.05) is 27.2 Å². The molecule has 1 atom stereocenters. The molecule has 1 aromatic heterocycles. The molecule has 0 bridgehead atoms. The van der Waals surface area contributed by atoms with Crippen molar-refractivity contribution >= 4 is 33.2 Å². The van der Waals surface area contributed by atoms with Gasteiger partial charge in [-0.1, -0.05) is 0 Å². The molecule has 96 valence electrons. The number of halogens is 1. The molecule has 0 saturated heterocycles. The summed E-state index contributed by atoms with van der Waals surface area (Å²) >= 11 is 4.88. The number of carbonyl (C=O) groups excluding carboxylic acids is 1. The zero-order valence-electron chi connectivity index (χ0n) is 10.7. The molecule has 1 rings (SSSR count). The van der Waals surface area contributed by atoms with Crippen molar-refractivity contribution in [1.29, 1.82) is 0 Å². The van der Waals surface area contributed by atoms with Crippen LogP contribution in [0.2, 0.25) is 0 Å². The summed E-state index contributed by atoms with van der Waals surface area (Å²) in [5.74, 6) is 0.123. The number of likely N-dealkylation sites (N-methyl/N-ethyl adjacent to an activating group) is 2. The van der Waals surface area contributed by atoms with Crippen molar-refractivity contribution in [1.82, 2.24) is 9.80 Å². The fourth-order valence-corrected chi connectivity index (χ4v) is 3.20. The lowest BCUT2D eigenvalue weighted by Gasteiger charge is -2.29. The van der Waals surface area contributed by atoms with Crippen molar-refractivity contribution in [3.63, 3.8) is 0 Å². The van der Waals surface area contributed by atoms with E-state index in [1.807, 2.05) is 38.1 Å². The van der Waals surface area contributed by atoms with Crippen LogP contribution in [0.4, 0.5) is 0 Å². The average Bonchev–Trinajstić information content (AvgIpc) is 2.64. The van der Waals surface area contributed by atoms with Gasteiger partial charge in [-0.05, 0) is 56.0 Å². The molecular formula is C12H19BrN2OS. The second kappa shape index (κ2) is 6.52. The van der Waals surface area contributed by atoms with Gasteiger partial charge in [0.2, 0.25) is 0 Å². The van der Waals surface area contributed by atoms with E-state index in [4.69, 9.17) is 0 Å². The quantitative estimate of drug-likeness (QED) is 0.833. The van der Waals surface area contributed by atoms with E-state index in [9.17, 15) is 4.79 Å². The van der Waals surface area contributed by atoms with Crippen LogP contribution in [0.3, 0.4) is 0 Å². The molecule has 0 spiro atoms. The first-order valence-electron chi connectivity index (χ1n) is 5.66. The highest BCUT2D eigenvalue weighted by atomic mass is 79.9. The van der Waals surface area contributed by atoms with Gasteiger partial charge >= 0.3 is 0 Å². The highest BCUT2D eigenvalue weighted by molar-refractivity contribution is 9.11. The summed E-state index contributed by atoms with van der Waals surface area (Å²) in [6.07, 6.45) is 0. The Balaban J connectivity index is 2.76. The molecule has 0 aliphatic rings. The number of hydrogen-bond donors (Lipinski definition) is 0. The van der Waals surface area contributed by atoms with E-state index in [0.717, 1.165) is 21.8 Å². The molecule has 0 aromatic carbocycles. The standard InChI is InChI=1S/C12H19BrN2OS/c1-5-15(9(2)8-14(3)4)12(16)10-6-7-11(13)17-10/h6-7,9H,5,8H2,1-4H3. The first-order chi connectivity index (χ1) is 7.95. The molecule has 0 fully saturated rings. The summed E-state index contributed by atoms with van der Waals surface area (Å²) in [6, 6.07) is 4.02. The van der Waals surface area contributed by atoms with Crippen molar-refractivity contribution in [2.45, 2.75) is 19.9 Å². The fourth-order valence-electron chi connectivity index (χ4n) is 1.85. The molecule has 1 amide bonds. The molecule has 5 heteroatoms. The van der Waals surface area contributed by atoms with Crippen molar-refractivity contribution in [2.24, 2.45) is 0 Å². The molecule has 0 saturated carbocycles. The summed E-state index contributed by atoms with van der Waals surface area (Å²) in [6.45, 7) is 5.73. The van der Waals surface area contributed by atoms with E-state index < -0.39 is 0 Å². The Morgan fingerprint density at radius 1 is 1.47 bits per heavy atom. The number of thiophene rings is 1. The van der Waals surface area contributed by atoms with E-state index in [-0.39, 0.29) is 11.9 Å². The predicted molar refractivity (Wildman–Crippen MR) is 76.7 cm³/mol. The van der Waals surface area contributed by atoms with Gasteiger partial charge in [0.1, 0.15) is 0 Å². The Morgan fingerprint density at radius 3 is 2.53 bits per heavy atom. The Hall–Kier alpha value is -0.390. The molecule has 3 nitrogen and oxygen atoms in total. The van der Waals surface area contributed by atoms with Gasteiger partial charge in [0.05, 0.1) is 8.66 Å². The predicted octanol–water partition coefficient (Wildman–Crippen LogP) is 2.92. The monoisotopic (exact) mass is 318 g/mol. The largest absolute Gasteiger partial charge is 0.334 e. The summed E-state index contributed by atoms with van der Waals surface area (Å²) in [5, 5.41) is 0. The van der Waals surface area contributed by atoms with Gasteiger partial charge in [-0.15, -0.1) is 11.3 Å². The average molecular weight is 319 g/mol. The second-order valence-corrected chi connectivity index (χ2v) is 6.77. The molecule has 0 aliphatic heterocycles. The third kappa shape index (κ3) is 4.08. The second-order valence-electron chi connectivity index (χ2n) is 4.31. The molecule has 0 aliphatic carbocycles. The van der Waals surface area contributed by atoms with Crippen LogP contribution in [0.1, 0.15) is 23.5 Å². The van der Waals surface area contributed by atoms with E-state index in [1.165, 1.54) is 11.3 Å². The lowest BCUT2D eigenvalue weighted by molar-refractivity contribution is 0.0684. The van der Waals surface area contributed by atoms with E-state index in [1.54, 1.807) is 0 Å². The Morgan fingerprint density at radius 2 is 2.12 bits per heavy atom. The summed E-state index contributed by atoms with van der Waals surface area (Å²) < 4.78 is 0.997. The van der Waals surface area contributed by atoms with Crippen LogP contribution in [-0.4, -0.2) is 48.9 Å². The maximum Gasteiger partial charge on any atom is 0.264 e. The zero-order chi connectivity index (χ0) is 13.0. The zero-order valence-corrected chi connectivity index (χ0v) is 13.1. The topological polar surface area (TPSA) is 23.6 Å². The van der Waals surface area contributed by atoms with Crippen LogP contribution in [0.25, 0.3) is 0 Å². The van der Waals surface area contributed by atoms with Crippen LogP contribution < -0.4 is 0 Å². The lowest BCUT2D eigenvalue weighted by Crippen LogP contribution is -2.43. The maximum absolute atomic E-state index is 12.3. The van der Waals surface area contributed by atoms with Crippen molar-refractivity contribution in [3.05, 3.63) is 20.8 Å². The van der Waals surface area contributed by atoms with Gasteiger partial charge in [-0.2, -0.15) is 0 Å². The van der Waals surface area contributed by atoms with Crippen LogP contribution in [0.15, 0.2) is 15.9 Å². The fraction of sp³-hybridized carbons (Fsp3) is 0.583. The van der Waals surface area contributed by atoms with E-state index in [0.29, 0.717) is 0 Å². The maximum atomic E-state index is 12.3. The number of rotatable bonds is 5. The van der Waals surface area contributed by atoms with Gasteiger partial charge in [-0.3, -0.25) is 4.79 Å². The van der Waals surface area contributed by atoms with Gasteiger partial charge in [-0.25, -0.2) is 0 Å². The molecule has 1 unspecified atom stereocenters. The number of amides is 1. The summed E-state index contributed by atoms with van der Waals surface area (Å²) in [7, 11) is 4.05. The highest BCUT2D eigenvalue weighted by Gasteiger charge is 2.21. The van der Waals surface area contributed by atoms with Crippen LogP contribution in [0.5, 0.6) is 0 Å². The molecule has 0 N–H and O–H groups in total. The van der Waals surface area contributed by atoms with Gasteiger partial charge in [0.15, 0.2) is 0 Å². The highest BCUT2D eigenvalue weighted by Crippen LogP contribution is 2.23. The number of hydrogen-bond acceptors (Lipinski definition) is 3. The molecule has 1 heterocycles. The summed E-state index contributed by atoms with van der Waals surface area (Å²) in [5.41, 5.74) is 0. The van der Waals surface area contributed by atoms with Crippen LogP contribution >= 0.6 is 27.3 Å². The van der Waals surface area contributed by atoms with Crippen molar-refractivity contribution in [3.8, 4) is 0 Å². The third-order valence-corrected chi connectivity index (χ3v) is 4.16. The Labute approximate surface area is 116 Å². The minimum absolute atomic E-state index is 0.123. The minimum Gasteiger partial charge on any atom is -0.334 e. The lowest BCUT2D eigenvalue weighted by atomic mass is 10.2. The molecule has 17 heavy (non-hydrogen) atoms. The van der Waals surface area contributed by atoms with Gasteiger partial charge < -0.3 is 9.80 Å². The Kier molecular flexibility index (Phi) is 5.62. The van der Waals surface area contributed by atoms with E-state index >= 15 is 0 Å². The third-order valence-electron chi connectivity index (χ3n) is 2.55. The normalized spacial score (nSPS) is 12.8.